The van der Waals surface area contributed by atoms with Crippen LogP contribution in [0.4, 0.5) is 0 Å². The predicted molar refractivity (Wildman–Crippen MR) is 74.1 cm³/mol. The minimum Gasteiger partial charge on any atom is -0.349 e. The van der Waals surface area contributed by atoms with E-state index in [-0.39, 0.29) is 17.8 Å². The van der Waals surface area contributed by atoms with Gasteiger partial charge in [-0.05, 0) is 20.3 Å². The predicted octanol–water partition coefficient (Wildman–Crippen LogP) is 0.538. The van der Waals surface area contributed by atoms with Gasteiger partial charge in [-0.3, -0.25) is 14.3 Å². The molecule has 0 spiro atoms. The Kier molecular flexibility index (Phi) is 3.51. The van der Waals surface area contributed by atoms with Gasteiger partial charge in [0, 0.05) is 18.2 Å². The lowest BCUT2D eigenvalue weighted by Crippen LogP contribution is -2.46. The lowest BCUT2D eigenvalue weighted by molar-refractivity contribution is -0.293. The Morgan fingerprint density at radius 2 is 2.14 bits per heavy atom. The Balaban J connectivity index is 1.87. The second kappa shape index (κ2) is 5.08. The van der Waals surface area contributed by atoms with Crippen LogP contribution in [-0.4, -0.2) is 34.2 Å². The van der Waals surface area contributed by atoms with E-state index in [0.717, 1.165) is 0 Å². The number of H-pyrrole nitrogens is 1. The van der Waals surface area contributed by atoms with Crippen LogP contribution < -0.4 is 11.2 Å². The van der Waals surface area contributed by atoms with Crippen LogP contribution in [0.15, 0.2) is 15.8 Å². The molecular formula is C14H20N2O5. The number of nitrogens with one attached hydrogen (secondary N) is 1. The van der Waals surface area contributed by atoms with Crippen molar-refractivity contribution < 1.29 is 14.2 Å². The summed E-state index contributed by atoms with van der Waals surface area (Å²) in [6.07, 6.45) is 1.96. The van der Waals surface area contributed by atoms with Crippen molar-refractivity contribution in [2.75, 3.05) is 6.61 Å². The molecule has 1 aromatic heterocycles. The molecule has 7 heteroatoms. The highest BCUT2D eigenvalue weighted by Crippen LogP contribution is 2.36. The molecule has 2 fully saturated rings. The van der Waals surface area contributed by atoms with Crippen LogP contribution in [0.2, 0.25) is 0 Å². The van der Waals surface area contributed by atoms with Gasteiger partial charge in [0.05, 0.1) is 12.7 Å². The van der Waals surface area contributed by atoms with Gasteiger partial charge >= 0.3 is 5.69 Å². The number of aromatic nitrogens is 2. The van der Waals surface area contributed by atoms with E-state index in [1.54, 1.807) is 6.20 Å². The highest BCUT2D eigenvalue weighted by Gasteiger charge is 2.44. The number of fused-ring (bicyclic) bond motifs is 1. The van der Waals surface area contributed by atoms with E-state index < -0.39 is 17.7 Å². The molecule has 3 heterocycles. The first-order valence-corrected chi connectivity index (χ1v) is 7.21. The van der Waals surface area contributed by atoms with E-state index in [2.05, 4.69) is 4.98 Å². The number of rotatable bonds is 2. The fourth-order valence-corrected chi connectivity index (χ4v) is 2.82. The summed E-state index contributed by atoms with van der Waals surface area (Å²) >= 11 is 0. The molecule has 7 nitrogen and oxygen atoms in total. The Morgan fingerprint density at radius 1 is 1.38 bits per heavy atom. The number of hydrogen-bond donors (Lipinski definition) is 1. The number of aryl methyl sites for hydroxylation is 1. The van der Waals surface area contributed by atoms with Gasteiger partial charge in [0.25, 0.3) is 5.56 Å². The molecule has 0 saturated carbocycles. The topological polar surface area (TPSA) is 82.6 Å². The van der Waals surface area contributed by atoms with Crippen LogP contribution >= 0.6 is 0 Å². The van der Waals surface area contributed by atoms with Crippen LogP contribution in [0, 0.1) is 0 Å². The summed E-state index contributed by atoms with van der Waals surface area (Å²) in [6, 6.07) is 0. The average molecular weight is 296 g/mol. The zero-order chi connectivity index (χ0) is 15.2. The van der Waals surface area contributed by atoms with E-state index in [9.17, 15) is 9.59 Å². The molecule has 21 heavy (non-hydrogen) atoms. The van der Waals surface area contributed by atoms with Gasteiger partial charge < -0.3 is 14.2 Å². The van der Waals surface area contributed by atoms with Crippen molar-refractivity contribution in [3.63, 3.8) is 0 Å². The first kappa shape index (κ1) is 14.5. The van der Waals surface area contributed by atoms with Crippen LogP contribution in [0.3, 0.4) is 0 Å². The van der Waals surface area contributed by atoms with E-state index in [1.807, 2.05) is 20.8 Å². The molecule has 116 valence electrons. The Morgan fingerprint density at radius 3 is 2.86 bits per heavy atom. The van der Waals surface area contributed by atoms with Gasteiger partial charge in [-0.2, -0.15) is 0 Å². The number of hydrogen-bond acceptors (Lipinski definition) is 5. The number of aromatic amines is 1. The fourth-order valence-electron chi connectivity index (χ4n) is 2.82. The molecule has 0 aliphatic carbocycles. The highest BCUT2D eigenvalue weighted by molar-refractivity contribution is 5.05. The minimum absolute atomic E-state index is 0.109. The van der Waals surface area contributed by atoms with Gasteiger partial charge in [0.15, 0.2) is 5.79 Å². The molecule has 0 radical (unpaired) electrons. The molecule has 1 N–H and O–H groups in total. The maximum Gasteiger partial charge on any atom is 0.330 e. The second-order valence-electron chi connectivity index (χ2n) is 5.91. The summed E-state index contributed by atoms with van der Waals surface area (Å²) in [5.74, 6) is -0.635. The first-order valence-electron chi connectivity index (χ1n) is 7.21. The van der Waals surface area contributed by atoms with E-state index in [4.69, 9.17) is 14.2 Å². The third-order valence-electron chi connectivity index (χ3n) is 3.94. The number of ether oxygens (including phenoxy) is 3. The van der Waals surface area contributed by atoms with Crippen molar-refractivity contribution >= 4 is 0 Å². The van der Waals surface area contributed by atoms with E-state index in [1.165, 1.54) is 4.57 Å². The van der Waals surface area contributed by atoms with Crippen LogP contribution in [0.25, 0.3) is 0 Å². The summed E-state index contributed by atoms with van der Waals surface area (Å²) in [5.41, 5.74) is -0.235. The average Bonchev–Trinajstić information content (AvgIpc) is 2.80. The zero-order valence-corrected chi connectivity index (χ0v) is 12.4. The van der Waals surface area contributed by atoms with Crippen molar-refractivity contribution in [3.05, 3.63) is 32.6 Å². The van der Waals surface area contributed by atoms with Crippen LogP contribution in [0.1, 0.15) is 39.0 Å². The maximum atomic E-state index is 12.0. The fraction of sp³-hybridized carbons (Fsp3) is 0.714. The van der Waals surface area contributed by atoms with E-state index >= 15 is 0 Å². The molecule has 3 rings (SSSR count). The molecule has 3 atom stereocenters. The van der Waals surface area contributed by atoms with Crippen LogP contribution in [-0.2, 0) is 20.6 Å². The molecular weight excluding hydrogens is 276 g/mol. The summed E-state index contributed by atoms with van der Waals surface area (Å²) in [6.45, 7) is 6.02. The molecule has 0 bridgehead atoms. The van der Waals surface area contributed by atoms with E-state index in [0.29, 0.717) is 25.0 Å². The number of nitrogens with zero attached hydrogens (tertiary/aromatic N) is 1. The van der Waals surface area contributed by atoms with Crippen molar-refractivity contribution in [1.29, 1.82) is 0 Å². The molecule has 2 aliphatic rings. The van der Waals surface area contributed by atoms with Crippen molar-refractivity contribution in [2.24, 2.45) is 0 Å². The van der Waals surface area contributed by atoms with Gasteiger partial charge in [-0.15, -0.1) is 0 Å². The molecule has 1 aromatic rings. The largest absolute Gasteiger partial charge is 0.349 e. The normalized spacial score (nSPS) is 31.1. The maximum absolute atomic E-state index is 12.0. The summed E-state index contributed by atoms with van der Waals surface area (Å²) in [4.78, 5) is 25.9. The van der Waals surface area contributed by atoms with Crippen molar-refractivity contribution in [3.8, 4) is 0 Å². The summed E-state index contributed by atoms with van der Waals surface area (Å²) < 4.78 is 18.7. The molecule has 2 saturated heterocycles. The third-order valence-corrected chi connectivity index (χ3v) is 3.94. The Hall–Kier alpha value is -1.44. The standard InChI is InChI=1S/C14H20N2O5/c1-4-8-6-16(13(18)15-12(8)17)11-5-9-10(20-11)7-19-14(2,3)21-9/h6,9-11H,4-5,7H2,1-3H3,(H,15,17,18)/t9-,10-,11-/m1/s1. The zero-order valence-electron chi connectivity index (χ0n) is 12.4. The minimum atomic E-state index is -0.635. The molecule has 0 aromatic carbocycles. The third kappa shape index (κ3) is 2.68. The molecule has 0 amide bonds. The SMILES string of the molecule is CCc1cn([C@H]2C[C@H]3OC(C)(C)OC[C@H]3O2)c(=O)[nH]c1=O. The first-order chi connectivity index (χ1) is 9.89. The van der Waals surface area contributed by atoms with Crippen LogP contribution in [0.5, 0.6) is 0 Å². The highest BCUT2D eigenvalue weighted by atomic mass is 16.7. The lowest BCUT2D eigenvalue weighted by atomic mass is 10.1. The monoisotopic (exact) mass is 296 g/mol. The molecule has 0 unspecified atom stereocenters. The van der Waals surface area contributed by atoms with Gasteiger partial charge in [-0.1, -0.05) is 6.92 Å². The van der Waals surface area contributed by atoms with Crippen molar-refractivity contribution in [1.82, 2.24) is 9.55 Å². The van der Waals surface area contributed by atoms with Gasteiger partial charge in [-0.25, -0.2) is 4.79 Å². The molecule has 2 aliphatic heterocycles. The summed E-state index contributed by atoms with van der Waals surface area (Å²) in [7, 11) is 0. The van der Waals surface area contributed by atoms with Gasteiger partial charge in [0.2, 0.25) is 0 Å². The van der Waals surface area contributed by atoms with Crippen molar-refractivity contribution in [2.45, 2.75) is 57.8 Å². The van der Waals surface area contributed by atoms with Gasteiger partial charge in [0.1, 0.15) is 12.3 Å². The summed E-state index contributed by atoms with van der Waals surface area (Å²) in [5, 5.41) is 0. The second-order valence-corrected chi connectivity index (χ2v) is 5.91. The Bertz CT molecular complexity index is 647. The Labute approximate surface area is 121 Å². The lowest BCUT2D eigenvalue weighted by Gasteiger charge is -2.36. The quantitative estimate of drug-likeness (QED) is 0.861. The smallest absolute Gasteiger partial charge is 0.330 e.